The number of phenolic OH excluding ortho intramolecular Hbond substituents is 1. The minimum atomic E-state index is -1.73. The summed E-state index contributed by atoms with van der Waals surface area (Å²) in [7, 11) is 1.35. The molecule has 0 aliphatic rings. The van der Waals surface area contributed by atoms with Crippen LogP contribution in [0.25, 0.3) is 0 Å². The predicted octanol–water partition coefficient (Wildman–Crippen LogP) is 1.62. The molecule has 1 aromatic carbocycles. The molecule has 0 unspecified atom stereocenters. The molecule has 1 amide bonds. The summed E-state index contributed by atoms with van der Waals surface area (Å²) in [5, 5.41) is 9.07. The van der Waals surface area contributed by atoms with Gasteiger partial charge < -0.3 is 15.7 Å². The topological polar surface area (TPSA) is 66.6 Å². The first-order valence-corrected chi connectivity index (χ1v) is 5.48. The average molecular weight is 276 g/mol. The van der Waals surface area contributed by atoms with Gasteiger partial charge in [-0.05, 0) is 19.9 Å². The van der Waals surface area contributed by atoms with Crippen molar-refractivity contribution >= 4 is 5.91 Å². The lowest BCUT2D eigenvalue weighted by molar-refractivity contribution is 0.0633. The summed E-state index contributed by atoms with van der Waals surface area (Å²) in [5.74, 6) is -7.14. The van der Waals surface area contributed by atoms with E-state index in [-0.39, 0.29) is 6.54 Å². The van der Waals surface area contributed by atoms with Gasteiger partial charge in [0, 0.05) is 19.1 Å². The molecule has 0 aliphatic heterocycles. The SMILES string of the molecule is CN(C(=O)c1cc(F)c(F)c(O)c1F)C(C)(C)CN. The van der Waals surface area contributed by atoms with Crippen LogP contribution in [-0.4, -0.2) is 35.0 Å². The van der Waals surface area contributed by atoms with Crippen molar-refractivity contribution in [2.75, 3.05) is 13.6 Å². The zero-order valence-corrected chi connectivity index (χ0v) is 10.8. The van der Waals surface area contributed by atoms with Crippen LogP contribution in [0.1, 0.15) is 24.2 Å². The molecule has 1 aromatic rings. The molecular weight excluding hydrogens is 261 g/mol. The minimum absolute atomic E-state index is 0.0898. The van der Waals surface area contributed by atoms with Crippen molar-refractivity contribution in [3.63, 3.8) is 0 Å². The molecule has 0 bridgehead atoms. The minimum Gasteiger partial charge on any atom is -0.503 e. The largest absolute Gasteiger partial charge is 0.503 e. The second-order valence-corrected chi connectivity index (χ2v) is 4.76. The Morgan fingerprint density at radius 3 is 2.37 bits per heavy atom. The van der Waals surface area contributed by atoms with Crippen LogP contribution in [0.2, 0.25) is 0 Å². The number of nitrogens with zero attached hydrogens (tertiary/aromatic N) is 1. The smallest absolute Gasteiger partial charge is 0.257 e. The van der Waals surface area contributed by atoms with E-state index in [0.29, 0.717) is 6.07 Å². The van der Waals surface area contributed by atoms with Gasteiger partial charge in [0.05, 0.1) is 5.56 Å². The summed E-state index contributed by atoms with van der Waals surface area (Å²) in [6, 6.07) is 0.413. The van der Waals surface area contributed by atoms with Crippen LogP contribution in [0.15, 0.2) is 6.07 Å². The summed E-state index contributed by atoms with van der Waals surface area (Å²) in [6.07, 6.45) is 0. The fourth-order valence-electron chi connectivity index (χ4n) is 1.34. The summed E-state index contributed by atoms with van der Waals surface area (Å²) in [5.41, 5.74) is 3.92. The Labute approximate surface area is 108 Å². The zero-order valence-electron chi connectivity index (χ0n) is 10.8. The molecule has 106 valence electrons. The number of rotatable bonds is 3. The number of nitrogens with two attached hydrogens (primary N) is 1. The van der Waals surface area contributed by atoms with Gasteiger partial charge in [0.2, 0.25) is 5.82 Å². The maximum atomic E-state index is 13.6. The first-order chi connectivity index (χ1) is 8.63. The first-order valence-electron chi connectivity index (χ1n) is 5.48. The van der Waals surface area contributed by atoms with Crippen molar-refractivity contribution in [1.82, 2.24) is 4.90 Å². The molecule has 0 fully saturated rings. The van der Waals surface area contributed by atoms with Crippen molar-refractivity contribution < 1.29 is 23.1 Å². The van der Waals surface area contributed by atoms with E-state index in [1.54, 1.807) is 13.8 Å². The van der Waals surface area contributed by atoms with Crippen LogP contribution in [0.4, 0.5) is 13.2 Å². The summed E-state index contributed by atoms with van der Waals surface area (Å²) in [6.45, 7) is 3.34. The Hall–Kier alpha value is -1.76. The highest BCUT2D eigenvalue weighted by Gasteiger charge is 2.31. The van der Waals surface area contributed by atoms with Gasteiger partial charge in [0.25, 0.3) is 5.91 Å². The molecule has 19 heavy (non-hydrogen) atoms. The molecule has 1 rings (SSSR count). The fourth-order valence-corrected chi connectivity index (χ4v) is 1.34. The maximum absolute atomic E-state index is 13.6. The Balaban J connectivity index is 3.29. The number of phenols is 1. The molecule has 0 aromatic heterocycles. The molecular formula is C12H15F3N2O2. The van der Waals surface area contributed by atoms with E-state index in [1.807, 2.05) is 0 Å². The lowest BCUT2D eigenvalue weighted by atomic mass is 10.0. The number of carbonyl (C=O) groups is 1. The molecule has 7 heteroatoms. The van der Waals surface area contributed by atoms with Gasteiger partial charge >= 0.3 is 0 Å². The van der Waals surface area contributed by atoms with Crippen molar-refractivity contribution in [3.05, 3.63) is 29.1 Å². The van der Waals surface area contributed by atoms with Crippen LogP contribution >= 0.6 is 0 Å². The zero-order chi connectivity index (χ0) is 15.0. The third-order valence-electron chi connectivity index (χ3n) is 3.08. The van der Waals surface area contributed by atoms with E-state index < -0.39 is 40.2 Å². The van der Waals surface area contributed by atoms with E-state index in [1.165, 1.54) is 7.05 Å². The normalized spacial score (nSPS) is 11.5. The predicted molar refractivity (Wildman–Crippen MR) is 63.2 cm³/mol. The van der Waals surface area contributed by atoms with Gasteiger partial charge in [-0.25, -0.2) is 8.78 Å². The summed E-state index contributed by atoms with van der Waals surface area (Å²) < 4.78 is 39.7. The van der Waals surface area contributed by atoms with Gasteiger partial charge in [-0.15, -0.1) is 0 Å². The first kappa shape index (κ1) is 15.3. The van der Waals surface area contributed by atoms with Crippen molar-refractivity contribution in [1.29, 1.82) is 0 Å². The molecule has 0 aliphatic carbocycles. The second-order valence-electron chi connectivity index (χ2n) is 4.76. The standard InChI is InChI=1S/C12H15F3N2O2/c1-12(2,5-16)17(3)11(19)6-4-7(13)9(15)10(18)8(6)14/h4,18H,5,16H2,1-3H3. The average Bonchev–Trinajstić information content (AvgIpc) is 2.38. The fraction of sp³-hybridized carbons (Fsp3) is 0.417. The van der Waals surface area contributed by atoms with E-state index >= 15 is 0 Å². The maximum Gasteiger partial charge on any atom is 0.257 e. The molecule has 4 nitrogen and oxygen atoms in total. The van der Waals surface area contributed by atoms with Gasteiger partial charge in [-0.2, -0.15) is 4.39 Å². The van der Waals surface area contributed by atoms with Crippen LogP contribution < -0.4 is 5.73 Å². The van der Waals surface area contributed by atoms with E-state index in [2.05, 4.69) is 0 Å². The van der Waals surface area contributed by atoms with Gasteiger partial charge in [0.1, 0.15) is 0 Å². The molecule has 0 spiro atoms. The Bertz CT molecular complexity index is 518. The number of halogens is 3. The van der Waals surface area contributed by atoms with Gasteiger partial charge in [0.15, 0.2) is 17.4 Å². The highest BCUT2D eigenvalue weighted by molar-refractivity contribution is 5.95. The number of likely N-dealkylation sites (N-methyl/N-ethyl adjacent to an activating group) is 1. The summed E-state index contributed by atoms with van der Waals surface area (Å²) >= 11 is 0. The van der Waals surface area contributed by atoms with Crippen molar-refractivity contribution in [2.24, 2.45) is 5.73 Å². The van der Waals surface area contributed by atoms with Gasteiger partial charge in [-0.3, -0.25) is 4.79 Å². The highest BCUT2D eigenvalue weighted by atomic mass is 19.2. The number of benzene rings is 1. The molecule has 0 radical (unpaired) electrons. The molecule has 0 saturated carbocycles. The second kappa shape index (κ2) is 5.08. The van der Waals surface area contributed by atoms with E-state index in [0.717, 1.165) is 4.90 Å². The van der Waals surface area contributed by atoms with Crippen LogP contribution in [0.5, 0.6) is 5.75 Å². The van der Waals surface area contributed by atoms with Gasteiger partial charge in [-0.1, -0.05) is 0 Å². The lowest BCUT2D eigenvalue weighted by Crippen LogP contribution is -2.50. The Morgan fingerprint density at radius 1 is 1.37 bits per heavy atom. The van der Waals surface area contributed by atoms with Crippen LogP contribution in [-0.2, 0) is 0 Å². The van der Waals surface area contributed by atoms with Crippen molar-refractivity contribution in [3.8, 4) is 5.75 Å². The van der Waals surface area contributed by atoms with E-state index in [9.17, 15) is 18.0 Å². The number of hydrogen-bond donors (Lipinski definition) is 2. The van der Waals surface area contributed by atoms with E-state index in [4.69, 9.17) is 10.8 Å². The quantitative estimate of drug-likeness (QED) is 0.824. The highest BCUT2D eigenvalue weighted by Crippen LogP contribution is 2.27. The lowest BCUT2D eigenvalue weighted by Gasteiger charge is -2.34. The molecule has 0 atom stereocenters. The van der Waals surface area contributed by atoms with Crippen LogP contribution in [0.3, 0.4) is 0 Å². The monoisotopic (exact) mass is 276 g/mol. The van der Waals surface area contributed by atoms with Crippen LogP contribution in [0, 0.1) is 17.5 Å². The Morgan fingerprint density at radius 2 is 1.89 bits per heavy atom. The Kier molecular flexibility index (Phi) is 4.09. The third-order valence-corrected chi connectivity index (χ3v) is 3.08. The molecule has 0 saturated heterocycles. The number of aromatic hydroxyl groups is 1. The molecule has 3 N–H and O–H groups in total. The summed E-state index contributed by atoms with van der Waals surface area (Å²) in [4.78, 5) is 13.1. The number of carbonyl (C=O) groups excluding carboxylic acids is 1. The number of amides is 1. The third kappa shape index (κ3) is 2.65. The van der Waals surface area contributed by atoms with Crippen molar-refractivity contribution in [2.45, 2.75) is 19.4 Å². The number of hydrogen-bond acceptors (Lipinski definition) is 3. The molecule has 0 heterocycles.